The highest BCUT2D eigenvalue weighted by atomic mass is 32.2. The first-order valence-electron chi connectivity index (χ1n) is 10.2. The average Bonchev–Trinajstić information content (AvgIpc) is 3.32. The summed E-state index contributed by atoms with van der Waals surface area (Å²) >= 11 is 1.75. The van der Waals surface area contributed by atoms with Gasteiger partial charge in [-0.3, -0.25) is 9.69 Å². The number of imide groups is 1. The number of hydrogen-bond acceptors (Lipinski definition) is 3. The van der Waals surface area contributed by atoms with Crippen LogP contribution in [0.3, 0.4) is 0 Å². The summed E-state index contributed by atoms with van der Waals surface area (Å²) in [6, 6.07) is 17.9. The van der Waals surface area contributed by atoms with Gasteiger partial charge in [-0.15, -0.1) is 11.8 Å². The highest BCUT2D eigenvalue weighted by Crippen LogP contribution is 2.53. The zero-order valence-electron chi connectivity index (χ0n) is 16.5. The summed E-state index contributed by atoms with van der Waals surface area (Å²) in [7, 11) is 0. The molecule has 2 aliphatic heterocycles. The Morgan fingerprint density at radius 1 is 0.931 bits per heavy atom. The third kappa shape index (κ3) is 3.27. The predicted molar refractivity (Wildman–Crippen MR) is 115 cm³/mol. The van der Waals surface area contributed by atoms with Crippen LogP contribution in [0.5, 0.6) is 0 Å². The van der Waals surface area contributed by atoms with E-state index in [0.29, 0.717) is 13.1 Å². The number of hydrogen-bond donors (Lipinski definition) is 0. The Bertz CT molecular complexity index is 984. The molecule has 2 heterocycles. The van der Waals surface area contributed by atoms with E-state index in [1.165, 1.54) is 20.9 Å². The van der Waals surface area contributed by atoms with Crippen molar-refractivity contribution < 1.29 is 9.59 Å². The maximum atomic E-state index is 13.5. The number of nitrogens with zero attached hydrogens (tertiary/aromatic N) is 2. The van der Waals surface area contributed by atoms with Crippen LogP contribution in [0.15, 0.2) is 65.1 Å². The van der Waals surface area contributed by atoms with Gasteiger partial charge in [0.05, 0.1) is 17.8 Å². The normalized spacial score (nSPS) is 23.6. The van der Waals surface area contributed by atoms with E-state index in [-0.39, 0.29) is 23.2 Å². The zero-order valence-corrected chi connectivity index (χ0v) is 17.3. The van der Waals surface area contributed by atoms with Crippen LogP contribution in [0, 0.1) is 12.8 Å². The van der Waals surface area contributed by atoms with Crippen molar-refractivity contribution in [3.05, 3.63) is 81.8 Å². The van der Waals surface area contributed by atoms with Gasteiger partial charge in [-0.2, -0.15) is 0 Å². The Labute approximate surface area is 175 Å². The maximum absolute atomic E-state index is 13.5. The molecule has 3 aliphatic rings. The van der Waals surface area contributed by atoms with Crippen LogP contribution in [0.2, 0.25) is 0 Å². The number of amides is 3. The largest absolute Gasteiger partial charge is 0.328 e. The molecule has 2 aromatic carbocycles. The number of rotatable bonds is 4. The van der Waals surface area contributed by atoms with E-state index in [1.54, 1.807) is 11.8 Å². The lowest BCUT2D eigenvalue weighted by molar-refractivity contribution is -0.136. The quantitative estimate of drug-likeness (QED) is 0.713. The molecule has 0 aromatic heterocycles. The van der Waals surface area contributed by atoms with Crippen LogP contribution in [-0.2, 0) is 17.9 Å². The van der Waals surface area contributed by atoms with Gasteiger partial charge in [-0.1, -0.05) is 60.2 Å². The number of benzene rings is 2. The number of allylic oxidation sites excluding steroid dienone is 1. The lowest BCUT2D eigenvalue weighted by atomic mass is 9.93. The van der Waals surface area contributed by atoms with Gasteiger partial charge in [0.15, 0.2) is 0 Å². The molecule has 2 atom stereocenters. The van der Waals surface area contributed by atoms with Gasteiger partial charge in [-0.05, 0) is 47.8 Å². The Kier molecular flexibility index (Phi) is 4.70. The van der Waals surface area contributed by atoms with Crippen LogP contribution >= 0.6 is 11.8 Å². The van der Waals surface area contributed by atoms with Gasteiger partial charge in [-0.25, -0.2) is 4.79 Å². The van der Waals surface area contributed by atoms with E-state index in [4.69, 9.17) is 0 Å². The minimum atomic E-state index is -0.190. The SMILES string of the molecule is Cc1ccc(CN2C(=O)N(Cc3ccccc3)C(=O)C3C4=C(CCC4)SC32)cc1. The minimum Gasteiger partial charge on any atom is -0.306 e. The first kappa shape index (κ1) is 18.5. The Morgan fingerprint density at radius 2 is 1.66 bits per heavy atom. The third-order valence-electron chi connectivity index (χ3n) is 6.10. The second-order valence-electron chi connectivity index (χ2n) is 8.09. The van der Waals surface area contributed by atoms with Gasteiger partial charge < -0.3 is 4.90 Å². The third-order valence-corrected chi connectivity index (χ3v) is 7.62. The van der Waals surface area contributed by atoms with Gasteiger partial charge in [0, 0.05) is 6.54 Å². The fraction of sp³-hybridized carbons (Fsp3) is 0.333. The van der Waals surface area contributed by atoms with E-state index >= 15 is 0 Å². The van der Waals surface area contributed by atoms with Crippen molar-refractivity contribution in [2.24, 2.45) is 5.92 Å². The van der Waals surface area contributed by atoms with Crippen LogP contribution < -0.4 is 0 Å². The Hall–Kier alpha value is -2.53. The fourth-order valence-electron chi connectivity index (χ4n) is 4.59. The molecule has 29 heavy (non-hydrogen) atoms. The molecular formula is C24H24N2O2S. The van der Waals surface area contributed by atoms with E-state index < -0.39 is 0 Å². The predicted octanol–water partition coefficient (Wildman–Crippen LogP) is 5.09. The molecule has 2 unspecified atom stereocenters. The van der Waals surface area contributed by atoms with E-state index in [1.807, 2.05) is 35.2 Å². The first-order chi connectivity index (χ1) is 14.1. The van der Waals surface area contributed by atoms with Gasteiger partial charge >= 0.3 is 6.03 Å². The Balaban J connectivity index is 1.48. The molecule has 2 aromatic rings. The van der Waals surface area contributed by atoms with Crippen molar-refractivity contribution in [2.45, 2.75) is 44.6 Å². The summed E-state index contributed by atoms with van der Waals surface area (Å²) in [5.74, 6) is -0.215. The molecule has 5 rings (SSSR count). The van der Waals surface area contributed by atoms with Crippen molar-refractivity contribution in [3.63, 3.8) is 0 Å². The molecule has 0 spiro atoms. The highest BCUT2D eigenvalue weighted by molar-refractivity contribution is 8.04. The highest BCUT2D eigenvalue weighted by Gasteiger charge is 2.52. The molecule has 5 heteroatoms. The molecule has 0 radical (unpaired) electrons. The molecular weight excluding hydrogens is 380 g/mol. The van der Waals surface area contributed by atoms with Crippen molar-refractivity contribution >= 4 is 23.7 Å². The van der Waals surface area contributed by atoms with Crippen molar-refractivity contribution in [1.82, 2.24) is 9.80 Å². The summed E-state index contributed by atoms with van der Waals surface area (Å²) in [6.45, 7) is 2.93. The topological polar surface area (TPSA) is 40.6 Å². The molecule has 0 bridgehead atoms. The van der Waals surface area contributed by atoms with Crippen molar-refractivity contribution in [1.29, 1.82) is 0 Å². The van der Waals surface area contributed by atoms with Crippen LogP contribution in [-0.4, -0.2) is 27.1 Å². The fourth-order valence-corrected chi connectivity index (χ4v) is 6.23. The molecule has 0 saturated carbocycles. The summed E-state index contributed by atoms with van der Waals surface area (Å²) in [6.07, 6.45) is 3.16. The second-order valence-corrected chi connectivity index (χ2v) is 9.31. The molecule has 1 aliphatic carbocycles. The van der Waals surface area contributed by atoms with E-state index in [0.717, 1.165) is 30.4 Å². The monoisotopic (exact) mass is 404 g/mol. The van der Waals surface area contributed by atoms with Crippen LogP contribution in [0.4, 0.5) is 4.79 Å². The van der Waals surface area contributed by atoms with E-state index in [2.05, 4.69) is 31.2 Å². The first-order valence-corrected chi connectivity index (χ1v) is 11.1. The van der Waals surface area contributed by atoms with Crippen LogP contribution in [0.1, 0.15) is 36.0 Å². The number of thioether (sulfide) groups is 1. The summed E-state index contributed by atoms with van der Waals surface area (Å²) in [5, 5.41) is -0.103. The number of fused-ring (bicyclic) bond motifs is 2. The number of carbonyl (C=O) groups is 2. The minimum absolute atomic E-state index is 0.0246. The lowest BCUT2D eigenvalue weighted by Crippen LogP contribution is -2.59. The standard InChI is InChI=1S/C24H24N2O2S/c1-16-10-12-18(13-11-16)15-26-23-21(19-8-5-9-20(19)29-23)22(27)25(24(26)28)14-17-6-3-2-4-7-17/h2-4,6-7,10-13,21,23H,5,8-9,14-15H2,1H3. The zero-order chi connectivity index (χ0) is 20.0. The summed E-state index contributed by atoms with van der Waals surface area (Å²) in [5.41, 5.74) is 4.57. The van der Waals surface area contributed by atoms with Crippen molar-refractivity contribution in [2.75, 3.05) is 0 Å². The van der Waals surface area contributed by atoms with E-state index in [9.17, 15) is 9.59 Å². The number of carbonyl (C=O) groups excluding carboxylic acids is 2. The van der Waals surface area contributed by atoms with Crippen molar-refractivity contribution in [3.8, 4) is 0 Å². The molecule has 148 valence electrons. The van der Waals surface area contributed by atoms with Gasteiger partial charge in [0.2, 0.25) is 5.91 Å². The summed E-state index contributed by atoms with van der Waals surface area (Å²) in [4.78, 5) is 31.6. The molecule has 0 N–H and O–H groups in total. The average molecular weight is 405 g/mol. The Morgan fingerprint density at radius 3 is 2.41 bits per heavy atom. The molecule has 1 saturated heterocycles. The van der Waals surface area contributed by atoms with Gasteiger partial charge in [0.1, 0.15) is 0 Å². The number of aryl methyl sites for hydroxylation is 1. The smallest absolute Gasteiger partial charge is 0.306 e. The molecule has 4 nitrogen and oxygen atoms in total. The van der Waals surface area contributed by atoms with Crippen LogP contribution in [0.25, 0.3) is 0 Å². The van der Waals surface area contributed by atoms with Gasteiger partial charge in [0.25, 0.3) is 0 Å². The molecule has 3 amide bonds. The maximum Gasteiger partial charge on any atom is 0.328 e. The number of urea groups is 1. The molecule has 1 fully saturated rings. The lowest BCUT2D eigenvalue weighted by Gasteiger charge is -2.42. The second kappa shape index (κ2) is 7.38. The summed E-state index contributed by atoms with van der Waals surface area (Å²) < 4.78 is 0.